The molecule has 0 unspecified atom stereocenters. The van der Waals surface area contributed by atoms with Crippen LogP contribution in [-0.2, 0) is 4.79 Å². The van der Waals surface area contributed by atoms with Gasteiger partial charge in [-0.05, 0) is 12.1 Å². The molecular weight excluding hydrogens is 321 g/mol. The van der Waals surface area contributed by atoms with Gasteiger partial charge in [-0.1, -0.05) is 29.3 Å². The third-order valence-corrected chi connectivity index (χ3v) is 3.12. The SMILES string of the molecule is CNC(=O)NC[C@H](NC(=O)c1c(Cl)cccc1Cl)C(=O)O. The highest BCUT2D eigenvalue weighted by Crippen LogP contribution is 2.24. The van der Waals surface area contributed by atoms with E-state index in [4.69, 9.17) is 28.3 Å². The van der Waals surface area contributed by atoms with Crippen LogP contribution in [0.2, 0.25) is 10.0 Å². The summed E-state index contributed by atoms with van der Waals surface area (Å²) in [6.07, 6.45) is 0. The number of carboxylic acid groups (broad SMARTS) is 1. The number of amides is 3. The van der Waals surface area contributed by atoms with Crippen LogP contribution < -0.4 is 16.0 Å². The Bertz CT molecular complexity index is 545. The standard InChI is InChI=1S/C12H13Cl2N3O4/c1-15-12(21)16-5-8(11(19)20)17-10(18)9-6(13)3-2-4-7(9)14/h2-4,8H,5H2,1H3,(H,17,18)(H,19,20)(H2,15,16,21)/t8-/m0/s1. The molecule has 0 fully saturated rings. The van der Waals surface area contributed by atoms with Crippen molar-refractivity contribution in [2.75, 3.05) is 13.6 Å². The molecule has 0 aliphatic carbocycles. The summed E-state index contributed by atoms with van der Waals surface area (Å²) in [6.45, 7) is -0.289. The molecule has 21 heavy (non-hydrogen) atoms. The van der Waals surface area contributed by atoms with Gasteiger partial charge in [-0.3, -0.25) is 4.79 Å². The van der Waals surface area contributed by atoms with E-state index in [0.29, 0.717) is 0 Å². The predicted molar refractivity (Wildman–Crippen MR) is 77.8 cm³/mol. The van der Waals surface area contributed by atoms with E-state index in [-0.39, 0.29) is 22.2 Å². The van der Waals surface area contributed by atoms with Crippen LogP contribution in [0.3, 0.4) is 0 Å². The zero-order valence-corrected chi connectivity index (χ0v) is 12.5. The molecule has 9 heteroatoms. The highest BCUT2D eigenvalue weighted by molar-refractivity contribution is 6.39. The lowest BCUT2D eigenvalue weighted by Gasteiger charge is -2.16. The van der Waals surface area contributed by atoms with Gasteiger partial charge in [0.2, 0.25) is 0 Å². The summed E-state index contributed by atoms with van der Waals surface area (Å²) >= 11 is 11.7. The molecule has 1 aromatic rings. The fraction of sp³-hybridized carbons (Fsp3) is 0.250. The first-order valence-electron chi connectivity index (χ1n) is 5.80. The van der Waals surface area contributed by atoms with Gasteiger partial charge in [0.1, 0.15) is 6.04 Å². The average molecular weight is 334 g/mol. The summed E-state index contributed by atoms with van der Waals surface area (Å²) in [5.74, 6) is -2.04. The maximum absolute atomic E-state index is 12.0. The largest absolute Gasteiger partial charge is 0.480 e. The zero-order chi connectivity index (χ0) is 16.0. The Kier molecular flexibility index (Phi) is 6.26. The monoisotopic (exact) mass is 333 g/mol. The van der Waals surface area contributed by atoms with Crippen molar-refractivity contribution < 1.29 is 19.5 Å². The van der Waals surface area contributed by atoms with Gasteiger partial charge in [0.05, 0.1) is 22.2 Å². The maximum atomic E-state index is 12.0. The third kappa shape index (κ3) is 4.80. The Hall–Kier alpha value is -1.99. The normalized spacial score (nSPS) is 11.4. The summed E-state index contributed by atoms with van der Waals surface area (Å²) in [4.78, 5) is 34.2. The van der Waals surface area contributed by atoms with Gasteiger partial charge in [-0.25, -0.2) is 9.59 Å². The van der Waals surface area contributed by atoms with Gasteiger partial charge in [-0.15, -0.1) is 0 Å². The van der Waals surface area contributed by atoms with Crippen LogP contribution in [0.5, 0.6) is 0 Å². The molecule has 0 aromatic heterocycles. The van der Waals surface area contributed by atoms with Crippen molar-refractivity contribution >= 4 is 41.1 Å². The molecule has 7 nitrogen and oxygen atoms in total. The van der Waals surface area contributed by atoms with Gasteiger partial charge in [0, 0.05) is 7.05 Å². The lowest BCUT2D eigenvalue weighted by molar-refractivity contribution is -0.139. The van der Waals surface area contributed by atoms with E-state index in [0.717, 1.165) is 0 Å². The molecular formula is C12H13Cl2N3O4. The van der Waals surface area contributed by atoms with Gasteiger partial charge in [0.15, 0.2) is 0 Å². The molecule has 1 atom stereocenters. The van der Waals surface area contributed by atoms with Crippen molar-refractivity contribution in [1.29, 1.82) is 0 Å². The predicted octanol–water partition coefficient (Wildman–Crippen LogP) is 1.11. The second-order valence-corrected chi connectivity index (χ2v) is 4.74. The molecule has 0 saturated heterocycles. The topological polar surface area (TPSA) is 108 Å². The van der Waals surface area contributed by atoms with Crippen molar-refractivity contribution in [1.82, 2.24) is 16.0 Å². The fourth-order valence-corrected chi connectivity index (χ4v) is 2.00. The third-order valence-electron chi connectivity index (χ3n) is 2.49. The highest BCUT2D eigenvalue weighted by atomic mass is 35.5. The number of carbonyl (C=O) groups is 3. The number of rotatable bonds is 5. The van der Waals surface area contributed by atoms with Crippen LogP contribution in [0, 0.1) is 0 Å². The number of benzene rings is 1. The zero-order valence-electron chi connectivity index (χ0n) is 10.9. The van der Waals surface area contributed by atoms with Gasteiger partial charge in [-0.2, -0.15) is 0 Å². The molecule has 0 spiro atoms. The summed E-state index contributed by atoms with van der Waals surface area (Å²) < 4.78 is 0. The first kappa shape index (κ1) is 17.1. The number of hydrogen-bond donors (Lipinski definition) is 4. The van der Waals surface area contributed by atoms with Crippen LogP contribution >= 0.6 is 23.2 Å². The van der Waals surface area contributed by atoms with E-state index in [1.54, 1.807) is 6.07 Å². The summed E-state index contributed by atoms with van der Waals surface area (Å²) in [7, 11) is 1.38. The summed E-state index contributed by atoms with van der Waals surface area (Å²) in [5, 5.41) is 16.0. The van der Waals surface area contributed by atoms with Crippen molar-refractivity contribution in [2.24, 2.45) is 0 Å². The van der Waals surface area contributed by atoms with Gasteiger partial charge in [0.25, 0.3) is 5.91 Å². The molecule has 0 aliphatic rings. The first-order valence-corrected chi connectivity index (χ1v) is 6.55. The number of urea groups is 1. The molecule has 0 heterocycles. The summed E-state index contributed by atoms with van der Waals surface area (Å²) in [6, 6.07) is 2.60. The van der Waals surface area contributed by atoms with Crippen LogP contribution in [0.25, 0.3) is 0 Å². The molecule has 4 N–H and O–H groups in total. The lowest BCUT2D eigenvalue weighted by Crippen LogP contribution is -2.49. The van der Waals surface area contributed by atoms with E-state index in [1.165, 1.54) is 19.2 Å². The molecule has 0 bridgehead atoms. The molecule has 0 saturated carbocycles. The van der Waals surface area contributed by atoms with Crippen molar-refractivity contribution in [3.8, 4) is 0 Å². The Labute approximate surface area is 130 Å². The smallest absolute Gasteiger partial charge is 0.328 e. The Morgan fingerprint density at radius 2 is 1.81 bits per heavy atom. The Morgan fingerprint density at radius 3 is 2.29 bits per heavy atom. The fourth-order valence-electron chi connectivity index (χ4n) is 1.43. The maximum Gasteiger partial charge on any atom is 0.328 e. The molecule has 3 amide bonds. The molecule has 0 aliphatic heterocycles. The van der Waals surface area contributed by atoms with Crippen LogP contribution in [0.15, 0.2) is 18.2 Å². The number of aliphatic carboxylic acids is 1. The number of halogens is 2. The van der Waals surface area contributed by atoms with E-state index in [9.17, 15) is 14.4 Å². The van der Waals surface area contributed by atoms with Gasteiger partial charge >= 0.3 is 12.0 Å². The lowest BCUT2D eigenvalue weighted by atomic mass is 10.2. The number of carboxylic acids is 1. The number of carbonyl (C=O) groups excluding carboxylic acids is 2. The number of nitrogens with one attached hydrogen (secondary N) is 3. The van der Waals surface area contributed by atoms with Crippen LogP contribution in [0.1, 0.15) is 10.4 Å². The van der Waals surface area contributed by atoms with E-state index in [1.807, 2.05) is 0 Å². The van der Waals surface area contributed by atoms with Crippen LogP contribution in [0.4, 0.5) is 4.79 Å². The minimum atomic E-state index is -1.32. The average Bonchev–Trinajstić information content (AvgIpc) is 2.42. The highest BCUT2D eigenvalue weighted by Gasteiger charge is 2.23. The quantitative estimate of drug-likeness (QED) is 0.647. The van der Waals surface area contributed by atoms with Gasteiger partial charge < -0.3 is 21.1 Å². The second-order valence-electron chi connectivity index (χ2n) is 3.92. The minimum Gasteiger partial charge on any atom is -0.480 e. The molecule has 0 radical (unpaired) electrons. The summed E-state index contributed by atoms with van der Waals surface area (Å²) in [5.41, 5.74) is -0.0213. The number of hydrogen-bond acceptors (Lipinski definition) is 3. The molecule has 1 rings (SSSR count). The molecule has 114 valence electrons. The van der Waals surface area contributed by atoms with Crippen molar-refractivity contribution in [3.05, 3.63) is 33.8 Å². The van der Waals surface area contributed by atoms with Crippen molar-refractivity contribution in [2.45, 2.75) is 6.04 Å². The van der Waals surface area contributed by atoms with E-state index < -0.39 is 23.9 Å². The first-order chi connectivity index (χ1) is 9.86. The second kappa shape index (κ2) is 7.70. The minimum absolute atomic E-state index is 0.0213. The molecule has 1 aromatic carbocycles. The Balaban J connectivity index is 2.82. The van der Waals surface area contributed by atoms with Crippen molar-refractivity contribution in [3.63, 3.8) is 0 Å². The Morgan fingerprint density at radius 1 is 1.24 bits per heavy atom. The van der Waals surface area contributed by atoms with E-state index in [2.05, 4.69) is 16.0 Å². The van der Waals surface area contributed by atoms with Crippen LogP contribution in [-0.4, -0.2) is 42.6 Å². The van der Waals surface area contributed by atoms with E-state index >= 15 is 0 Å².